The number of hydrogen-bond donors (Lipinski definition) is 2. The topological polar surface area (TPSA) is 155 Å². The zero-order chi connectivity index (χ0) is 49.2. The molecule has 0 bridgehead atoms. The van der Waals surface area contributed by atoms with E-state index in [0.29, 0.717) is 42.6 Å². The number of halogens is 1. The minimum atomic E-state index is -0.704. The molecule has 372 valence electrons. The molecule has 4 aromatic heterocycles. The number of anilines is 1. The Balaban J connectivity index is 0.657. The normalized spacial score (nSPS) is 21.1. The summed E-state index contributed by atoms with van der Waals surface area (Å²) >= 11 is 0. The van der Waals surface area contributed by atoms with Gasteiger partial charge in [-0.1, -0.05) is 6.07 Å². The van der Waals surface area contributed by atoms with Crippen molar-refractivity contribution >= 4 is 45.5 Å². The third-order valence-corrected chi connectivity index (χ3v) is 16.4. The van der Waals surface area contributed by atoms with Gasteiger partial charge in [-0.15, -0.1) is 0 Å². The van der Waals surface area contributed by atoms with Crippen LogP contribution in [0.15, 0.2) is 70.5 Å². The zero-order valence-corrected chi connectivity index (χ0v) is 41.3. The Hall–Kier alpha value is -6.43. The number of imide groups is 1. The first-order valence-electron chi connectivity index (χ1n) is 25.5. The molecule has 71 heavy (non-hydrogen) atoms. The minimum Gasteiger partial charge on any atom is -0.384 e. The van der Waals surface area contributed by atoms with Crippen LogP contribution in [0.2, 0.25) is 0 Å². The molecule has 4 saturated heterocycles. The van der Waals surface area contributed by atoms with E-state index in [1.807, 2.05) is 61.5 Å². The van der Waals surface area contributed by atoms with Gasteiger partial charge in [-0.3, -0.25) is 52.9 Å². The van der Waals surface area contributed by atoms with Crippen molar-refractivity contribution in [2.75, 3.05) is 64.2 Å². The smallest absolute Gasteiger partial charge is 0.329 e. The number of amides is 3. The SMILES string of the molecule is Cc1cc(C(=O)N2CCC(CN3CCN(Cc4ccc5c(c4)n(C)c(=O)n5[C@H]4CCC(=O)NC4=O)C[C@@H]3C)CC2)cc(F)c1C1CCN(Cc2cc3c(-n4ccc5c(c4=O)CCN5)ccnc3n2C)CC1. The maximum absolute atomic E-state index is 16.1. The van der Waals surface area contributed by atoms with Gasteiger partial charge >= 0.3 is 5.69 Å². The molecule has 0 radical (unpaired) electrons. The van der Waals surface area contributed by atoms with E-state index in [1.54, 1.807) is 22.4 Å². The summed E-state index contributed by atoms with van der Waals surface area (Å²) in [6.07, 6.45) is 8.32. The van der Waals surface area contributed by atoms with Gasteiger partial charge in [-0.25, -0.2) is 14.2 Å². The lowest BCUT2D eigenvalue weighted by Crippen LogP contribution is -2.53. The van der Waals surface area contributed by atoms with E-state index in [2.05, 4.69) is 47.9 Å². The number of aromatic nitrogens is 5. The van der Waals surface area contributed by atoms with E-state index in [-0.39, 0.29) is 41.2 Å². The number of carbonyl (C=O) groups is 3. The van der Waals surface area contributed by atoms with E-state index in [0.717, 1.165) is 147 Å². The van der Waals surface area contributed by atoms with Crippen molar-refractivity contribution in [1.29, 1.82) is 0 Å². The molecule has 2 N–H and O–H groups in total. The first-order chi connectivity index (χ1) is 34.3. The fourth-order valence-electron chi connectivity index (χ4n) is 12.4. The number of hydrogen-bond acceptors (Lipinski definition) is 10. The van der Waals surface area contributed by atoms with Crippen LogP contribution < -0.4 is 21.9 Å². The van der Waals surface area contributed by atoms with Crippen molar-refractivity contribution in [1.82, 2.24) is 48.2 Å². The summed E-state index contributed by atoms with van der Waals surface area (Å²) in [6.45, 7) is 13.2. The highest BCUT2D eigenvalue weighted by Crippen LogP contribution is 2.35. The van der Waals surface area contributed by atoms with Gasteiger partial charge in [0.1, 0.15) is 17.5 Å². The van der Waals surface area contributed by atoms with Gasteiger partial charge in [0.2, 0.25) is 11.8 Å². The maximum Gasteiger partial charge on any atom is 0.329 e. The van der Waals surface area contributed by atoms with E-state index in [4.69, 9.17) is 0 Å². The van der Waals surface area contributed by atoms with Crippen LogP contribution in [0.3, 0.4) is 0 Å². The number of nitrogens with zero attached hydrogens (tertiary/aromatic N) is 9. The number of rotatable bonds is 10. The van der Waals surface area contributed by atoms with Gasteiger partial charge in [0.05, 0.1) is 16.7 Å². The minimum absolute atomic E-state index is 0.00654. The van der Waals surface area contributed by atoms with Crippen LogP contribution >= 0.6 is 0 Å². The van der Waals surface area contributed by atoms with Gasteiger partial charge in [-0.05, 0) is 136 Å². The van der Waals surface area contributed by atoms with Crippen LogP contribution in [0.4, 0.5) is 10.1 Å². The van der Waals surface area contributed by atoms with Gasteiger partial charge in [0, 0.05) is 126 Å². The summed E-state index contributed by atoms with van der Waals surface area (Å²) < 4.78 is 23.1. The summed E-state index contributed by atoms with van der Waals surface area (Å²) in [6, 6.07) is 15.1. The summed E-state index contributed by atoms with van der Waals surface area (Å²) in [4.78, 5) is 79.0. The molecule has 17 heteroatoms. The number of imidazole rings is 1. The van der Waals surface area contributed by atoms with Crippen LogP contribution in [0.1, 0.15) is 95.7 Å². The average molecular weight is 966 g/mol. The van der Waals surface area contributed by atoms with Gasteiger partial charge in [0.15, 0.2) is 0 Å². The summed E-state index contributed by atoms with van der Waals surface area (Å²) in [5, 5.41) is 6.61. The fourth-order valence-corrected chi connectivity index (χ4v) is 12.4. The van der Waals surface area contributed by atoms with E-state index in [9.17, 15) is 24.0 Å². The number of nitrogens with one attached hydrogen (secondary N) is 2. The number of likely N-dealkylation sites (tertiary alicyclic amines) is 2. The van der Waals surface area contributed by atoms with E-state index < -0.39 is 11.9 Å². The third-order valence-electron chi connectivity index (χ3n) is 16.4. The number of piperidine rings is 3. The zero-order valence-electron chi connectivity index (χ0n) is 41.3. The highest BCUT2D eigenvalue weighted by atomic mass is 19.1. The van der Waals surface area contributed by atoms with E-state index in [1.165, 1.54) is 10.6 Å². The van der Waals surface area contributed by atoms with Gasteiger partial charge in [0.25, 0.3) is 11.5 Å². The Labute approximate surface area is 412 Å². The standard InChI is InChI=1S/C54H64FN11O5/c1-33-25-38(27-42(55)49(33)37-13-18-61(19-14-37)32-39-28-41-44(10-17-57-50(41)59(39)3)65-22-15-43-40(53(65)70)9-16-56-43)52(69)63-20-11-35(12-21-63)31-64-24-23-62(29-34(64)2)30-36-5-6-45-47(26-36)60(4)54(71)66(45)46-7-8-48(67)58-51(46)68/h5-6,10,15,17,22,25-28,34-35,37,46,56H,7-9,11-14,16,18-21,23-24,29-32H2,1-4H3,(H,58,67,68)/t34-,46-/m0/s1. The second kappa shape index (κ2) is 19.0. The molecule has 9 heterocycles. The fraction of sp³-hybridized carbons (Fsp3) is 0.481. The van der Waals surface area contributed by atoms with Crippen molar-refractivity contribution in [3.8, 4) is 5.69 Å². The van der Waals surface area contributed by atoms with E-state index >= 15 is 4.39 Å². The summed E-state index contributed by atoms with van der Waals surface area (Å²) in [5.41, 5.74) is 8.82. The molecule has 16 nitrogen and oxygen atoms in total. The number of aryl methyl sites for hydroxylation is 3. The van der Waals surface area contributed by atoms with Crippen molar-refractivity contribution in [2.24, 2.45) is 20.0 Å². The second-order valence-electron chi connectivity index (χ2n) is 20.9. The Morgan fingerprint density at radius 2 is 1.63 bits per heavy atom. The molecule has 11 rings (SSSR count). The molecule has 3 amide bonds. The molecule has 5 aliphatic rings. The van der Waals surface area contributed by atoms with Crippen LogP contribution in [0, 0.1) is 18.7 Å². The van der Waals surface area contributed by atoms with Crippen LogP contribution in [0.25, 0.3) is 27.8 Å². The van der Waals surface area contributed by atoms with Crippen LogP contribution in [-0.4, -0.2) is 126 Å². The highest BCUT2D eigenvalue weighted by Gasteiger charge is 2.34. The van der Waals surface area contributed by atoms with Gasteiger partial charge < -0.3 is 14.8 Å². The first-order valence-corrected chi connectivity index (χ1v) is 25.5. The molecular weight excluding hydrogens is 902 g/mol. The Bertz CT molecular complexity index is 3190. The average Bonchev–Trinajstić information content (AvgIpc) is 4.04. The lowest BCUT2D eigenvalue weighted by atomic mass is 9.85. The predicted octanol–water partition coefficient (Wildman–Crippen LogP) is 5.21. The Kier molecular flexibility index (Phi) is 12.5. The third kappa shape index (κ3) is 8.79. The second-order valence-corrected chi connectivity index (χ2v) is 20.9. The highest BCUT2D eigenvalue weighted by molar-refractivity contribution is 6.00. The number of piperazine rings is 1. The largest absolute Gasteiger partial charge is 0.384 e. The van der Waals surface area contributed by atoms with Crippen molar-refractivity contribution in [3.05, 3.63) is 121 Å². The van der Waals surface area contributed by atoms with Crippen molar-refractivity contribution < 1.29 is 18.8 Å². The quantitative estimate of drug-likeness (QED) is 0.175. The predicted molar refractivity (Wildman–Crippen MR) is 270 cm³/mol. The number of fused-ring (bicyclic) bond motifs is 3. The molecular formula is C54H64FN11O5. The Morgan fingerprint density at radius 1 is 0.831 bits per heavy atom. The maximum atomic E-state index is 16.1. The Morgan fingerprint density at radius 3 is 2.39 bits per heavy atom. The summed E-state index contributed by atoms with van der Waals surface area (Å²) in [5.74, 6) is -0.563. The number of carbonyl (C=O) groups excluding carboxylic acids is 3. The van der Waals surface area contributed by atoms with Crippen LogP contribution in [-0.2, 0) is 43.2 Å². The summed E-state index contributed by atoms with van der Waals surface area (Å²) in [7, 11) is 3.75. The lowest BCUT2D eigenvalue weighted by Gasteiger charge is -2.42. The molecule has 0 unspecified atom stereocenters. The first kappa shape index (κ1) is 46.9. The molecule has 6 aromatic rings. The molecule has 2 aromatic carbocycles. The van der Waals surface area contributed by atoms with Gasteiger partial charge in [-0.2, -0.15) is 0 Å². The molecule has 2 atom stereocenters. The number of pyridine rings is 2. The molecule has 4 fully saturated rings. The molecule has 0 aliphatic carbocycles. The molecule has 0 saturated carbocycles. The molecule has 5 aliphatic heterocycles. The van der Waals surface area contributed by atoms with Crippen molar-refractivity contribution in [3.63, 3.8) is 0 Å². The molecule has 0 spiro atoms. The van der Waals surface area contributed by atoms with Crippen molar-refractivity contribution in [2.45, 2.75) is 89.9 Å². The van der Waals surface area contributed by atoms with Crippen LogP contribution in [0.5, 0.6) is 0 Å². The lowest BCUT2D eigenvalue weighted by molar-refractivity contribution is -0.135. The monoisotopic (exact) mass is 966 g/mol. The number of benzene rings is 2.